The number of carboxylic acids is 1. The Labute approximate surface area is 97.7 Å². The van der Waals surface area contributed by atoms with Crippen LogP contribution in [0.25, 0.3) is 0 Å². The van der Waals surface area contributed by atoms with E-state index in [2.05, 4.69) is 0 Å². The van der Waals surface area contributed by atoms with E-state index in [0.29, 0.717) is 0 Å². The number of methoxy groups -OCH3 is 1. The van der Waals surface area contributed by atoms with Gasteiger partial charge in [-0.2, -0.15) is 0 Å². The van der Waals surface area contributed by atoms with Gasteiger partial charge in [0, 0.05) is 5.56 Å². The fourth-order valence-electron chi connectivity index (χ4n) is 1.45. The Hall–Kier alpha value is -1.79. The number of carboxylic acid groups (broad SMARTS) is 1. The Kier molecular flexibility index (Phi) is 4.30. The Balaban J connectivity index is 2.97. The average molecular weight is 242 g/mol. The molecule has 17 heavy (non-hydrogen) atoms. The number of phenolic OH excluding ortho intramolecular Hbond substituents is 1. The second-order valence-corrected chi connectivity index (χ2v) is 3.54. The second-order valence-electron chi connectivity index (χ2n) is 3.54. The van der Waals surface area contributed by atoms with Crippen molar-refractivity contribution in [3.63, 3.8) is 0 Å². The molecule has 1 rings (SSSR count). The summed E-state index contributed by atoms with van der Waals surface area (Å²) < 4.78 is 4.95. The summed E-state index contributed by atoms with van der Waals surface area (Å²) in [5.74, 6) is -1.07. The minimum Gasteiger partial charge on any atom is -0.508 e. The van der Waals surface area contributed by atoms with Gasteiger partial charge >= 0.3 is 5.97 Å². The van der Waals surface area contributed by atoms with Gasteiger partial charge in [0.25, 0.3) is 0 Å². The summed E-state index contributed by atoms with van der Waals surface area (Å²) in [4.78, 5) is 10.4. The molecule has 1 aromatic carbocycles. The van der Waals surface area contributed by atoms with Gasteiger partial charge in [-0.1, -0.05) is 0 Å². The van der Waals surface area contributed by atoms with Crippen LogP contribution in [0.4, 0.5) is 0 Å². The molecule has 6 nitrogen and oxygen atoms in total. The number of hydrogen-bond acceptors (Lipinski definition) is 5. The Morgan fingerprint density at radius 2 is 2.06 bits per heavy atom. The number of ether oxygens (including phenoxy) is 1. The number of aliphatic carboxylic acids is 1. The largest absolute Gasteiger partial charge is 0.508 e. The first-order valence-corrected chi connectivity index (χ1v) is 4.90. The van der Waals surface area contributed by atoms with Crippen molar-refractivity contribution in [2.45, 2.75) is 18.6 Å². The smallest absolute Gasteiger partial charge is 0.306 e. The van der Waals surface area contributed by atoms with Crippen LogP contribution in [0, 0.1) is 0 Å². The molecule has 0 spiro atoms. The highest BCUT2D eigenvalue weighted by atomic mass is 16.5. The van der Waals surface area contributed by atoms with Gasteiger partial charge in [0.1, 0.15) is 17.6 Å². The second kappa shape index (κ2) is 5.51. The molecule has 0 amide bonds. The van der Waals surface area contributed by atoms with Crippen LogP contribution in [-0.4, -0.2) is 39.6 Å². The molecular weight excluding hydrogens is 228 g/mol. The third kappa shape index (κ3) is 3.33. The Morgan fingerprint density at radius 1 is 1.41 bits per heavy atom. The highest BCUT2D eigenvalue weighted by Gasteiger charge is 2.24. The number of hydrogen-bond donors (Lipinski definition) is 4. The minimum absolute atomic E-state index is 0.109. The maximum atomic E-state index is 10.4. The van der Waals surface area contributed by atoms with E-state index in [0.717, 1.165) is 0 Å². The number of aliphatic hydroxyl groups excluding tert-OH is 2. The topological polar surface area (TPSA) is 107 Å². The van der Waals surface area contributed by atoms with Crippen LogP contribution in [0.5, 0.6) is 11.5 Å². The predicted octanol–water partition coefficient (Wildman–Crippen LogP) is 0.270. The van der Waals surface area contributed by atoms with Crippen LogP contribution in [0.3, 0.4) is 0 Å². The first-order valence-electron chi connectivity index (χ1n) is 4.90. The fraction of sp³-hybridized carbons (Fsp3) is 0.364. The van der Waals surface area contributed by atoms with Crippen LogP contribution >= 0.6 is 0 Å². The molecule has 0 radical (unpaired) electrons. The summed E-state index contributed by atoms with van der Waals surface area (Å²) >= 11 is 0. The van der Waals surface area contributed by atoms with E-state index in [1.54, 1.807) is 0 Å². The van der Waals surface area contributed by atoms with E-state index in [1.165, 1.54) is 25.3 Å². The van der Waals surface area contributed by atoms with Gasteiger partial charge in [-0.05, 0) is 18.2 Å². The lowest BCUT2D eigenvalue weighted by Crippen LogP contribution is -2.22. The summed E-state index contributed by atoms with van der Waals surface area (Å²) in [6.07, 6.45) is -3.50. The molecule has 2 unspecified atom stereocenters. The Morgan fingerprint density at radius 3 is 2.59 bits per heavy atom. The molecule has 0 saturated heterocycles. The molecule has 1 aromatic rings. The molecule has 0 fully saturated rings. The molecule has 0 saturated carbocycles. The number of rotatable bonds is 5. The monoisotopic (exact) mass is 242 g/mol. The van der Waals surface area contributed by atoms with Crippen LogP contribution in [0.15, 0.2) is 18.2 Å². The molecule has 2 atom stereocenters. The van der Waals surface area contributed by atoms with Gasteiger partial charge in [-0.3, -0.25) is 4.79 Å². The van der Waals surface area contributed by atoms with Crippen molar-refractivity contribution in [2.75, 3.05) is 7.11 Å². The lowest BCUT2D eigenvalue weighted by Gasteiger charge is -2.19. The van der Waals surface area contributed by atoms with Crippen LogP contribution in [0.2, 0.25) is 0 Å². The predicted molar refractivity (Wildman–Crippen MR) is 57.9 cm³/mol. The summed E-state index contributed by atoms with van der Waals surface area (Å²) in [5.41, 5.74) is 0.140. The van der Waals surface area contributed by atoms with E-state index in [1.807, 2.05) is 0 Å². The molecule has 0 aromatic heterocycles. The normalized spacial score (nSPS) is 14.1. The average Bonchev–Trinajstić information content (AvgIpc) is 2.27. The summed E-state index contributed by atoms with van der Waals surface area (Å²) in [5, 5.41) is 37.0. The van der Waals surface area contributed by atoms with E-state index < -0.39 is 24.6 Å². The molecule has 94 valence electrons. The molecule has 0 aliphatic heterocycles. The first-order chi connectivity index (χ1) is 7.95. The lowest BCUT2D eigenvalue weighted by atomic mass is 10.0. The van der Waals surface area contributed by atoms with Gasteiger partial charge in [0.05, 0.1) is 19.6 Å². The van der Waals surface area contributed by atoms with Crippen LogP contribution in [0.1, 0.15) is 18.1 Å². The molecule has 0 aliphatic rings. The zero-order valence-corrected chi connectivity index (χ0v) is 9.20. The number of aliphatic hydroxyl groups is 2. The maximum Gasteiger partial charge on any atom is 0.306 e. The lowest BCUT2D eigenvalue weighted by molar-refractivity contribution is -0.141. The molecule has 0 aliphatic carbocycles. The highest BCUT2D eigenvalue weighted by Crippen LogP contribution is 2.31. The van der Waals surface area contributed by atoms with Gasteiger partial charge in [-0.15, -0.1) is 0 Å². The zero-order valence-electron chi connectivity index (χ0n) is 9.20. The van der Waals surface area contributed by atoms with Crippen molar-refractivity contribution in [1.29, 1.82) is 0 Å². The zero-order chi connectivity index (χ0) is 13.0. The van der Waals surface area contributed by atoms with Crippen molar-refractivity contribution in [3.8, 4) is 11.5 Å². The first kappa shape index (κ1) is 13.3. The van der Waals surface area contributed by atoms with Crippen molar-refractivity contribution >= 4 is 5.97 Å². The molecule has 0 heterocycles. The molecule has 0 bridgehead atoms. The van der Waals surface area contributed by atoms with Gasteiger partial charge in [0.2, 0.25) is 0 Å². The van der Waals surface area contributed by atoms with Gasteiger partial charge in [-0.25, -0.2) is 0 Å². The maximum absolute atomic E-state index is 10.4. The van der Waals surface area contributed by atoms with Gasteiger partial charge in [0.15, 0.2) is 0 Å². The van der Waals surface area contributed by atoms with Crippen LogP contribution < -0.4 is 4.74 Å². The quantitative estimate of drug-likeness (QED) is 0.590. The van der Waals surface area contributed by atoms with Gasteiger partial charge < -0.3 is 25.2 Å². The molecular formula is C11H14O6. The third-order valence-corrected chi connectivity index (χ3v) is 2.28. The van der Waals surface area contributed by atoms with Crippen molar-refractivity contribution in [2.24, 2.45) is 0 Å². The number of phenols is 1. The van der Waals surface area contributed by atoms with Crippen molar-refractivity contribution in [3.05, 3.63) is 23.8 Å². The number of benzene rings is 1. The number of carbonyl (C=O) groups is 1. The summed E-state index contributed by atoms with van der Waals surface area (Å²) in [7, 11) is 1.37. The Bertz CT molecular complexity index is 403. The van der Waals surface area contributed by atoms with Crippen molar-refractivity contribution < 1.29 is 30.0 Å². The van der Waals surface area contributed by atoms with E-state index in [4.69, 9.17) is 9.84 Å². The van der Waals surface area contributed by atoms with E-state index >= 15 is 0 Å². The highest BCUT2D eigenvalue weighted by molar-refractivity contribution is 5.67. The minimum atomic E-state index is -1.47. The third-order valence-electron chi connectivity index (χ3n) is 2.28. The van der Waals surface area contributed by atoms with Crippen LogP contribution in [-0.2, 0) is 4.79 Å². The fourth-order valence-corrected chi connectivity index (χ4v) is 1.45. The standard InChI is InChI=1S/C11H14O6/c1-17-9-3-2-6(12)4-7(9)11(16)8(13)5-10(14)15/h2-4,8,11-13,16H,5H2,1H3,(H,14,15). The summed E-state index contributed by atoms with van der Waals surface area (Å²) in [6, 6.07) is 3.99. The molecule has 6 heteroatoms. The number of aromatic hydroxyl groups is 1. The summed E-state index contributed by atoms with van der Waals surface area (Å²) in [6.45, 7) is 0. The van der Waals surface area contributed by atoms with E-state index in [9.17, 15) is 20.1 Å². The molecule has 4 N–H and O–H groups in total. The van der Waals surface area contributed by atoms with E-state index in [-0.39, 0.29) is 17.1 Å². The van der Waals surface area contributed by atoms with Crippen molar-refractivity contribution in [1.82, 2.24) is 0 Å². The SMILES string of the molecule is COc1ccc(O)cc1C(O)C(O)CC(=O)O.